The van der Waals surface area contributed by atoms with Gasteiger partial charge in [0, 0.05) is 9.75 Å². The number of aromatic nitrogens is 1. The average Bonchev–Trinajstić information content (AvgIpc) is 3.54. The summed E-state index contributed by atoms with van der Waals surface area (Å²) >= 11 is 2.81. The minimum absolute atomic E-state index is 0.0344. The lowest BCUT2D eigenvalue weighted by atomic mass is 9.88. The van der Waals surface area contributed by atoms with Crippen molar-refractivity contribution in [2.75, 3.05) is 23.8 Å². The summed E-state index contributed by atoms with van der Waals surface area (Å²) in [5.41, 5.74) is 2.82. The van der Waals surface area contributed by atoms with E-state index in [1.54, 1.807) is 6.07 Å². The molecule has 0 aliphatic heterocycles. The zero-order chi connectivity index (χ0) is 31.4. The zero-order valence-corrected chi connectivity index (χ0v) is 27.3. The Labute approximate surface area is 265 Å². The number of anilines is 2. The minimum Gasteiger partial charge on any atom is -0.462 e. The van der Waals surface area contributed by atoms with Crippen LogP contribution in [-0.4, -0.2) is 42.0 Å². The van der Waals surface area contributed by atoms with Gasteiger partial charge in [0.15, 0.2) is 0 Å². The van der Waals surface area contributed by atoms with Crippen molar-refractivity contribution in [3.8, 4) is 0 Å². The summed E-state index contributed by atoms with van der Waals surface area (Å²) in [7, 11) is 0. The van der Waals surface area contributed by atoms with E-state index in [4.69, 9.17) is 9.47 Å². The fraction of sp³-hybridized carbons (Fsp3) is 0.485. The summed E-state index contributed by atoms with van der Waals surface area (Å²) in [6.07, 6.45) is 6.53. The molecule has 3 aromatic rings. The first-order valence-corrected chi connectivity index (χ1v) is 17.1. The summed E-state index contributed by atoms with van der Waals surface area (Å²) in [5.74, 6) is -0.937. The Kier molecular flexibility index (Phi) is 10.2. The van der Waals surface area contributed by atoms with E-state index < -0.39 is 23.8 Å². The van der Waals surface area contributed by atoms with Gasteiger partial charge in [-0.3, -0.25) is 9.59 Å². The lowest BCUT2D eigenvalue weighted by molar-refractivity contribution is 0.0496. The first-order valence-electron chi connectivity index (χ1n) is 15.4. The van der Waals surface area contributed by atoms with Crippen LogP contribution in [0.5, 0.6) is 0 Å². The molecule has 0 fully saturated rings. The van der Waals surface area contributed by atoms with Crippen LogP contribution in [0.15, 0.2) is 18.2 Å². The fourth-order valence-corrected chi connectivity index (χ4v) is 8.45. The van der Waals surface area contributed by atoms with Crippen LogP contribution in [0.1, 0.15) is 116 Å². The van der Waals surface area contributed by atoms with Crippen LogP contribution in [0.25, 0.3) is 0 Å². The van der Waals surface area contributed by atoms with Crippen molar-refractivity contribution in [1.29, 1.82) is 0 Å². The highest BCUT2D eigenvalue weighted by Crippen LogP contribution is 2.41. The largest absolute Gasteiger partial charge is 0.462 e. The van der Waals surface area contributed by atoms with Crippen molar-refractivity contribution >= 4 is 56.4 Å². The molecule has 2 aliphatic rings. The summed E-state index contributed by atoms with van der Waals surface area (Å²) in [6.45, 7) is 8.83. The molecule has 0 bridgehead atoms. The molecule has 2 amide bonds. The second-order valence-electron chi connectivity index (χ2n) is 11.7. The van der Waals surface area contributed by atoms with Gasteiger partial charge in [0.2, 0.25) is 0 Å². The number of thiophene rings is 2. The van der Waals surface area contributed by atoms with Gasteiger partial charge < -0.3 is 20.1 Å². The Balaban J connectivity index is 1.37. The van der Waals surface area contributed by atoms with Gasteiger partial charge in [0.25, 0.3) is 11.8 Å². The highest BCUT2D eigenvalue weighted by Gasteiger charge is 2.31. The molecule has 3 heterocycles. The number of rotatable bonds is 10. The van der Waals surface area contributed by atoms with Gasteiger partial charge in [-0.1, -0.05) is 33.8 Å². The van der Waals surface area contributed by atoms with Crippen LogP contribution in [0.3, 0.4) is 0 Å². The van der Waals surface area contributed by atoms with E-state index in [-0.39, 0.29) is 11.4 Å². The van der Waals surface area contributed by atoms with Crippen molar-refractivity contribution in [2.24, 2.45) is 11.8 Å². The molecular formula is C33H39N3O6S2. The van der Waals surface area contributed by atoms with Gasteiger partial charge in [0.05, 0.1) is 24.3 Å². The smallest absolute Gasteiger partial charge is 0.341 e. The Morgan fingerprint density at radius 1 is 0.773 bits per heavy atom. The predicted molar refractivity (Wildman–Crippen MR) is 172 cm³/mol. The molecule has 44 heavy (non-hydrogen) atoms. The van der Waals surface area contributed by atoms with E-state index >= 15 is 0 Å². The van der Waals surface area contributed by atoms with E-state index in [1.165, 1.54) is 34.8 Å². The maximum Gasteiger partial charge on any atom is 0.341 e. The lowest BCUT2D eigenvalue weighted by Gasteiger charge is -2.18. The number of fused-ring (bicyclic) bond motifs is 2. The van der Waals surface area contributed by atoms with Crippen molar-refractivity contribution in [3.63, 3.8) is 0 Å². The molecule has 2 aliphatic carbocycles. The highest BCUT2D eigenvalue weighted by atomic mass is 32.1. The number of nitrogens with one attached hydrogen (secondary N) is 2. The molecule has 0 saturated heterocycles. The average molecular weight is 638 g/mol. The number of carbonyl (C=O) groups is 4. The third kappa shape index (κ3) is 6.89. The second kappa shape index (κ2) is 14.0. The van der Waals surface area contributed by atoms with Crippen LogP contribution < -0.4 is 10.6 Å². The standard InChI is InChI=1S/C33H39N3O6S2/c1-5-14-41-32(39)26-20-12-10-18(3)16-24(20)43-30(26)35-28(37)22-8-7-9-23(34-22)29(38)36-31-27(33(40)42-15-6-2)21-13-11-19(4)17-25(21)44-31/h7-9,18-19H,5-6,10-17H2,1-4H3,(H,35,37)(H,36,38). The first-order chi connectivity index (χ1) is 21.2. The molecule has 2 N–H and O–H groups in total. The number of amides is 2. The van der Waals surface area contributed by atoms with Crippen molar-refractivity contribution in [2.45, 2.75) is 79.1 Å². The van der Waals surface area contributed by atoms with E-state index in [2.05, 4.69) is 29.5 Å². The number of hydrogen-bond donors (Lipinski definition) is 2. The fourth-order valence-electron chi connectivity index (χ4n) is 5.67. The topological polar surface area (TPSA) is 124 Å². The van der Waals surface area contributed by atoms with Crippen LogP contribution in [0, 0.1) is 11.8 Å². The molecule has 0 radical (unpaired) electrons. The second-order valence-corrected chi connectivity index (χ2v) is 13.9. The number of pyridine rings is 1. The van der Waals surface area contributed by atoms with Crippen LogP contribution in [0.2, 0.25) is 0 Å². The van der Waals surface area contributed by atoms with Crippen molar-refractivity contribution in [1.82, 2.24) is 4.98 Å². The molecule has 3 aromatic heterocycles. The van der Waals surface area contributed by atoms with Crippen LogP contribution >= 0.6 is 22.7 Å². The van der Waals surface area contributed by atoms with E-state index in [1.807, 2.05) is 13.8 Å². The van der Waals surface area contributed by atoms with Gasteiger partial charge in [-0.15, -0.1) is 22.7 Å². The van der Waals surface area contributed by atoms with Crippen molar-refractivity contribution in [3.05, 3.63) is 61.6 Å². The summed E-state index contributed by atoms with van der Waals surface area (Å²) in [6, 6.07) is 4.64. The minimum atomic E-state index is -0.528. The molecule has 11 heteroatoms. The maximum absolute atomic E-state index is 13.4. The molecule has 9 nitrogen and oxygen atoms in total. The van der Waals surface area contributed by atoms with Crippen molar-refractivity contribution < 1.29 is 28.7 Å². The van der Waals surface area contributed by atoms with Gasteiger partial charge in [0.1, 0.15) is 21.4 Å². The summed E-state index contributed by atoms with van der Waals surface area (Å²) < 4.78 is 10.9. The van der Waals surface area contributed by atoms with Gasteiger partial charge in [-0.05, 0) is 86.5 Å². The van der Waals surface area contributed by atoms with E-state index in [9.17, 15) is 19.2 Å². The summed E-state index contributed by atoms with van der Waals surface area (Å²) in [4.78, 5) is 59.4. The maximum atomic E-state index is 13.4. The zero-order valence-electron chi connectivity index (χ0n) is 25.7. The molecule has 2 unspecified atom stereocenters. The molecule has 5 rings (SSSR count). The molecule has 0 saturated carbocycles. The first kappa shape index (κ1) is 31.8. The van der Waals surface area contributed by atoms with Crippen LogP contribution in [-0.2, 0) is 35.2 Å². The molecular weight excluding hydrogens is 599 g/mol. The number of hydrogen-bond acceptors (Lipinski definition) is 9. The Hall–Kier alpha value is -3.57. The number of esters is 2. The highest BCUT2D eigenvalue weighted by molar-refractivity contribution is 7.17. The Morgan fingerprint density at radius 2 is 1.20 bits per heavy atom. The number of nitrogens with zero attached hydrogens (tertiary/aromatic N) is 1. The third-order valence-corrected chi connectivity index (χ3v) is 10.3. The molecule has 234 valence electrons. The van der Waals surface area contributed by atoms with Gasteiger partial charge in [-0.2, -0.15) is 0 Å². The SMILES string of the molecule is CCCOC(=O)c1c(NC(=O)c2cccc(C(=O)Nc3sc4c(c3C(=O)OCCC)CCC(C)C4)n2)sc2c1CCC(C)C2. The van der Waals surface area contributed by atoms with E-state index in [0.717, 1.165) is 59.4 Å². The van der Waals surface area contributed by atoms with Gasteiger partial charge >= 0.3 is 11.9 Å². The van der Waals surface area contributed by atoms with E-state index in [0.29, 0.717) is 59.0 Å². The molecule has 0 aromatic carbocycles. The normalized spacial score (nSPS) is 17.3. The van der Waals surface area contributed by atoms with Gasteiger partial charge in [-0.25, -0.2) is 14.6 Å². The predicted octanol–water partition coefficient (Wildman–Crippen LogP) is 7.09. The number of ether oxygens (including phenoxy) is 2. The molecule has 0 spiro atoms. The summed E-state index contributed by atoms with van der Waals surface area (Å²) in [5, 5.41) is 6.65. The Morgan fingerprint density at radius 3 is 1.61 bits per heavy atom. The number of carbonyl (C=O) groups excluding carboxylic acids is 4. The quantitative estimate of drug-likeness (QED) is 0.228. The third-order valence-electron chi connectivity index (χ3n) is 7.97. The van der Waals surface area contributed by atoms with Crippen LogP contribution in [0.4, 0.5) is 10.0 Å². The lowest BCUT2D eigenvalue weighted by Crippen LogP contribution is -2.20. The molecule has 2 atom stereocenters. The Bertz CT molecular complexity index is 1460. The monoisotopic (exact) mass is 637 g/mol.